The maximum absolute atomic E-state index is 12.4. The van der Waals surface area contributed by atoms with Gasteiger partial charge in [0.1, 0.15) is 11.9 Å². The molecule has 0 aliphatic rings. The number of carboxylic acid groups (broad SMARTS) is 1. The molecular weight excluding hydrogens is 454 g/mol. The number of thioether (sulfide) groups is 1. The summed E-state index contributed by atoms with van der Waals surface area (Å²) in [7, 11) is 0. The second-order valence-electron chi connectivity index (χ2n) is 6.82. The van der Waals surface area contributed by atoms with Crippen LogP contribution in [0.4, 0.5) is 10.5 Å². The van der Waals surface area contributed by atoms with E-state index in [4.69, 9.17) is 15.6 Å². The van der Waals surface area contributed by atoms with Crippen LogP contribution in [0.1, 0.15) is 25.3 Å². The summed E-state index contributed by atoms with van der Waals surface area (Å²) in [6, 6.07) is 15.6. The Bertz CT molecular complexity index is 885. The number of rotatable bonds is 11. The van der Waals surface area contributed by atoms with Gasteiger partial charge in [-0.25, -0.2) is 4.79 Å². The highest BCUT2D eigenvalue weighted by atomic mass is 35.5. The summed E-state index contributed by atoms with van der Waals surface area (Å²) in [5.41, 5.74) is 7.37. The van der Waals surface area contributed by atoms with Crippen LogP contribution in [0.5, 0.6) is 0 Å². The van der Waals surface area contributed by atoms with E-state index in [0.717, 1.165) is 17.3 Å². The van der Waals surface area contributed by atoms with E-state index in [9.17, 15) is 14.4 Å². The summed E-state index contributed by atoms with van der Waals surface area (Å²) in [4.78, 5) is 35.9. The van der Waals surface area contributed by atoms with E-state index >= 15 is 0 Å². The molecule has 10 heteroatoms. The fraction of sp³-hybridized carbons (Fsp3) is 0.318. The molecule has 32 heavy (non-hydrogen) atoms. The largest absolute Gasteiger partial charge is 0.480 e. The van der Waals surface area contributed by atoms with E-state index in [0.29, 0.717) is 30.0 Å². The average Bonchev–Trinajstić information content (AvgIpc) is 2.77. The molecule has 2 aromatic carbocycles. The zero-order valence-corrected chi connectivity index (χ0v) is 19.3. The number of carbonyl (C=O) groups is 3. The van der Waals surface area contributed by atoms with Crippen LogP contribution in [0, 0.1) is 0 Å². The van der Waals surface area contributed by atoms with Gasteiger partial charge in [0.25, 0.3) is 0 Å². The summed E-state index contributed by atoms with van der Waals surface area (Å²) in [6.45, 7) is 2.10. The third-order valence-corrected chi connectivity index (χ3v) is 5.47. The molecule has 0 aliphatic heterocycles. The number of anilines is 1. The number of amides is 2. The van der Waals surface area contributed by atoms with Gasteiger partial charge in [-0.1, -0.05) is 42.5 Å². The van der Waals surface area contributed by atoms with Crippen LogP contribution in [0.3, 0.4) is 0 Å². The number of carbonyl (C=O) groups excluding carboxylic acids is 2. The Labute approximate surface area is 197 Å². The van der Waals surface area contributed by atoms with Crippen LogP contribution < -0.4 is 16.4 Å². The first kappa shape index (κ1) is 27.3. The van der Waals surface area contributed by atoms with Crippen LogP contribution >= 0.6 is 24.2 Å². The summed E-state index contributed by atoms with van der Waals surface area (Å²) in [5.74, 6) is -1.31. The van der Waals surface area contributed by atoms with Crippen molar-refractivity contribution in [3.8, 4) is 0 Å². The standard InChI is InChI=1S/C22H27N3O5S.ClH/c1-15(21(27)28)31-19-12-6-5-11-18(19)25-20(26)17(23)10-7-13-24-22(29)30-14-16-8-3-2-4-9-16;/h2-6,8-9,11-12,15,17H,7,10,13-14,23H2,1H3,(H,24,29)(H,25,26)(H,27,28);1H/t15?,17-;/m0./s1. The van der Waals surface area contributed by atoms with Gasteiger partial charge in [0.2, 0.25) is 5.91 Å². The van der Waals surface area contributed by atoms with Gasteiger partial charge >= 0.3 is 12.1 Å². The zero-order chi connectivity index (χ0) is 22.6. The number of nitrogens with one attached hydrogen (secondary N) is 2. The minimum atomic E-state index is -0.933. The van der Waals surface area contributed by atoms with Gasteiger partial charge in [-0.2, -0.15) is 0 Å². The number of carboxylic acids is 1. The van der Waals surface area contributed by atoms with Crippen molar-refractivity contribution >= 4 is 47.8 Å². The molecule has 0 heterocycles. The van der Waals surface area contributed by atoms with E-state index in [2.05, 4.69) is 10.6 Å². The van der Waals surface area contributed by atoms with Gasteiger partial charge in [-0.3, -0.25) is 9.59 Å². The van der Waals surface area contributed by atoms with Crippen molar-refractivity contribution in [1.82, 2.24) is 5.32 Å². The second kappa shape index (κ2) is 14.3. The SMILES string of the molecule is CC(Sc1ccccc1NC(=O)[C@@H](N)CCCNC(=O)OCc1ccccc1)C(=O)O.Cl. The van der Waals surface area contributed by atoms with Gasteiger partial charge in [-0.15, -0.1) is 24.2 Å². The number of hydrogen-bond acceptors (Lipinski definition) is 6. The molecule has 174 valence electrons. The van der Waals surface area contributed by atoms with Crippen molar-refractivity contribution in [3.05, 3.63) is 60.2 Å². The molecule has 0 saturated heterocycles. The molecule has 0 saturated carbocycles. The third-order valence-electron chi connectivity index (χ3n) is 4.31. The maximum atomic E-state index is 12.4. The molecule has 2 aromatic rings. The maximum Gasteiger partial charge on any atom is 0.407 e. The summed E-state index contributed by atoms with van der Waals surface area (Å²) in [5, 5.41) is 13.8. The van der Waals surface area contributed by atoms with Crippen LogP contribution in [0.25, 0.3) is 0 Å². The highest BCUT2D eigenvalue weighted by molar-refractivity contribution is 8.00. The normalized spacial score (nSPS) is 12.1. The third kappa shape index (κ3) is 9.59. The molecule has 0 fully saturated rings. The fourth-order valence-corrected chi connectivity index (χ4v) is 3.44. The first-order valence-electron chi connectivity index (χ1n) is 9.86. The zero-order valence-electron chi connectivity index (χ0n) is 17.7. The lowest BCUT2D eigenvalue weighted by molar-refractivity contribution is -0.136. The second-order valence-corrected chi connectivity index (χ2v) is 8.20. The molecule has 0 bridgehead atoms. The summed E-state index contributed by atoms with van der Waals surface area (Å²) >= 11 is 1.14. The molecule has 1 unspecified atom stereocenters. The van der Waals surface area contributed by atoms with Gasteiger partial charge < -0.3 is 26.2 Å². The molecule has 2 atom stereocenters. The molecule has 8 nitrogen and oxygen atoms in total. The first-order chi connectivity index (χ1) is 14.9. The lowest BCUT2D eigenvalue weighted by Crippen LogP contribution is -2.36. The van der Waals surface area contributed by atoms with Gasteiger partial charge in [0.05, 0.1) is 11.7 Å². The predicted molar refractivity (Wildman–Crippen MR) is 127 cm³/mol. The van der Waals surface area contributed by atoms with Crippen molar-refractivity contribution in [2.45, 2.75) is 42.6 Å². The molecule has 0 aromatic heterocycles. The van der Waals surface area contributed by atoms with Crippen molar-refractivity contribution in [1.29, 1.82) is 0 Å². The Morgan fingerprint density at radius 2 is 1.75 bits per heavy atom. The van der Waals surface area contributed by atoms with Crippen LogP contribution in [0.2, 0.25) is 0 Å². The Hall–Kier alpha value is -2.75. The molecule has 0 spiro atoms. The van der Waals surface area contributed by atoms with Gasteiger partial charge in [0, 0.05) is 11.4 Å². The number of para-hydroxylation sites is 1. The minimum absolute atomic E-state index is 0. The van der Waals surface area contributed by atoms with Gasteiger partial charge in [-0.05, 0) is 37.5 Å². The number of aliphatic carboxylic acids is 1. The van der Waals surface area contributed by atoms with Crippen LogP contribution in [-0.4, -0.2) is 40.9 Å². The Balaban J connectivity index is 0.00000512. The molecule has 2 amide bonds. The highest BCUT2D eigenvalue weighted by Crippen LogP contribution is 2.30. The molecule has 2 rings (SSSR count). The number of benzene rings is 2. The highest BCUT2D eigenvalue weighted by Gasteiger charge is 2.18. The summed E-state index contributed by atoms with van der Waals surface area (Å²) < 4.78 is 5.12. The monoisotopic (exact) mass is 481 g/mol. The summed E-state index contributed by atoms with van der Waals surface area (Å²) in [6.07, 6.45) is 0.341. The van der Waals surface area contributed by atoms with E-state index in [1.54, 1.807) is 31.2 Å². The smallest absolute Gasteiger partial charge is 0.407 e. The topological polar surface area (TPSA) is 131 Å². The number of alkyl carbamates (subject to hydrolysis) is 1. The molecule has 0 radical (unpaired) electrons. The number of nitrogens with two attached hydrogens (primary N) is 1. The molecular formula is C22H28ClN3O5S. The molecule has 0 aliphatic carbocycles. The Kier molecular flexibility index (Phi) is 12.2. The first-order valence-corrected chi connectivity index (χ1v) is 10.7. The number of hydrogen-bond donors (Lipinski definition) is 4. The van der Waals surface area contributed by atoms with Crippen molar-refractivity contribution in [3.63, 3.8) is 0 Å². The number of halogens is 1. The van der Waals surface area contributed by atoms with Crippen molar-refractivity contribution < 1.29 is 24.2 Å². The minimum Gasteiger partial charge on any atom is -0.480 e. The Morgan fingerprint density at radius 3 is 2.44 bits per heavy atom. The lowest BCUT2D eigenvalue weighted by atomic mass is 10.1. The van der Waals surface area contributed by atoms with E-state index in [1.165, 1.54) is 0 Å². The van der Waals surface area contributed by atoms with Crippen molar-refractivity contribution in [2.75, 3.05) is 11.9 Å². The van der Waals surface area contributed by atoms with Crippen LogP contribution in [0.15, 0.2) is 59.5 Å². The van der Waals surface area contributed by atoms with Crippen molar-refractivity contribution in [2.24, 2.45) is 5.73 Å². The molecule has 5 N–H and O–H groups in total. The number of ether oxygens (including phenoxy) is 1. The Morgan fingerprint density at radius 1 is 1.09 bits per heavy atom. The fourth-order valence-electron chi connectivity index (χ4n) is 2.56. The quantitative estimate of drug-likeness (QED) is 0.284. The van der Waals surface area contributed by atoms with Crippen LogP contribution in [-0.2, 0) is 20.9 Å². The predicted octanol–water partition coefficient (Wildman–Crippen LogP) is 3.65. The lowest BCUT2D eigenvalue weighted by Gasteiger charge is -2.16. The van der Waals surface area contributed by atoms with E-state index < -0.39 is 23.4 Å². The van der Waals surface area contributed by atoms with E-state index in [1.807, 2.05) is 30.3 Å². The van der Waals surface area contributed by atoms with Gasteiger partial charge in [0.15, 0.2) is 0 Å². The average molecular weight is 482 g/mol. The van der Waals surface area contributed by atoms with E-state index in [-0.39, 0.29) is 24.9 Å².